The Kier molecular flexibility index (Phi) is 5.91. The number of carbonyl (C=O) groups is 1. The summed E-state index contributed by atoms with van der Waals surface area (Å²) >= 11 is 0. The minimum Gasteiger partial charge on any atom is -0.488 e. The van der Waals surface area contributed by atoms with Crippen LogP contribution in [0.4, 0.5) is 0 Å². The number of aliphatic hydroxyl groups is 1. The van der Waals surface area contributed by atoms with E-state index in [0.29, 0.717) is 6.54 Å². The molecule has 0 aliphatic heterocycles. The molecule has 0 saturated heterocycles. The van der Waals surface area contributed by atoms with E-state index in [-0.39, 0.29) is 17.7 Å². The highest BCUT2D eigenvalue weighted by Gasteiger charge is 2.35. The molecule has 138 valence electrons. The second-order valence-corrected chi connectivity index (χ2v) is 6.88. The van der Waals surface area contributed by atoms with Gasteiger partial charge in [-0.05, 0) is 56.1 Å². The number of carboxylic acid groups (broad SMARTS) is 1. The maximum atomic E-state index is 11.0. The van der Waals surface area contributed by atoms with Crippen LogP contribution in [0.25, 0.3) is 0 Å². The molecule has 1 fully saturated rings. The number of hydrogen-bond acceptors (Lipinski definition) is 4. The van der Waals surface area contributed by atoms with E-state index in [0.717, 1.165) is 30.6 Å². The molecule has 2 aromatic rings. The lowest BCUT2D eigenvalue weighted by Crippen LogP contribution is -2.51. The van der Waals surface area contributed by atoms with Crippen LogP contribution >= 0.6 is 0 Å². The molecule has 1 aliphatic rings. The van der Waals surface area contributed by atoms with E-state index >= 15 is 0 Å². The lowest BCUT2D eigenvalue weighted by Gasteiger charge is -2.39. The summed E-state index contributed by atoms with van der Waals surface area (Å²) in [5.41, 5.74) is 1.31. The van der Waals surface area contributed by atoms with Gasteiger partial charge in [0.2, 0.25) is 0 Å². The second kappa shape index (κ2) is 8.34. The predicted octanol–water partition coefficient (Wildman–Crippen LogP) is 3.18. The van der Waals surface area contributed by atoms with E-state index in [1.807, 2.05) is 49.5 Å². The summed E-state index contributed by atoms with van der Waals surface area (Å²) in [6.07, 6.45) is 1.98. The van der Waals surface area contributed by atoms with E-state index in [1.54, 1.807) is 12.1 Å². The Hall–Kier alpha value is -2.37. The van der Waals surface area contributed by atoms with Crippen LogP contribution in [-0.2, 0) is 6.54 Å². The lowest BCUT2D eigenvalue weighted by atomic mass is 9.88. The molecule has 0 amide bonds. The summed E-state index contributed by atoms with van der Waals surface area (Å²) in [6, 6.07) is 16.5. The maximum Gasteiger partial charge on any atom is 0.335 e. The van der Waals surface area contributed by atoms with Crippen molar-refractivity contribution in [2.24, 2.45) is 0 Å². The third-order valence-corrected chi connectivity index (χ3v) is 4.99. The number of rotatable bonds is 6. The first-order valence-corrected chi connectivity index (χ1v) is 8.97. The van der Waals surface area contributed by atoms with Crippen molar-refractivity contribution in [3.8, 4) is 5.75 Å². The average molecular weight is 355 g/mol. The quantitative estimate of drug-likeness (QED) is 0.833. The highest BCUT2D eigenvalue weighted by Crippen LogP contribution is 2.27. The van der Waals surface area contributed by atoms with Crippen LogP contribution in [0.3, 0.4) is 0 Å². The molecular weight excluding hydrogens is 330 g/mol. The van der Waals surface area contributed by atoms with Gasteiger partial charge in [-0.15, -0.1) is 0 Å². The van der Waals surface area contributed by atoms with E-state index in [4.69, 9.17) is 9.84 Å². The van der Waals surface area contributed by atoms with Crippen molar-refractivity contribution in [1.29, 1.82) is 0 Å². The number of carboxylic acids is 1. The fourth-order valence-electron chi connectivity index (χ4n) is 3.56. The first kappa shape index (κ1) is 18.4. The molecule has 26 heavy (non-hydrogen) atoms. The number of para-hydroxylation sites is 1. The second-order valence-electron chi connectivity index (χ2n) is 6.88. The van der Waals surface area contributed by atoms with Crippen LogP contribution in [0, 0.1) is 0 Å². The summed E-state index contributed by atoms with van der Waals surface area (Å²) in [4.78, 5) is 13.1. The van der Waals surface area contributed by atoms with Crippen molar-refractivity contribution < 1.29 is 19.7 Å². The van der Waals surface area contributed by atoms with Gasteiger partial charge >= 0.3 is 5.97 Å². The number of hydrogen-bond donors (Lipinski definition) is 2. The van der Waals surface area contributed by atoms with Gasteiger partial charge in [-0.3, -0.25) is 4.90 Å². The smallest absolute Gasteiger partial charge is 0.335 e. The van der Waals surface area contributed by atoms with Crippen LogP contribution in [-0.4, -0.2) is 46.4 Å². The van der Waals surface area contributed by atoms with Gasteiger partial charge in [0, 0.05) is 12.6 Å². The highest BCUT2D eigenvalue weighted by atomic mass is 16.5. The highest BCUT2D eigenvalue weighted by molar-refractivity contribution is 5.87. The summed E-state index contributed by atoms with van der Waals surface area (Å²) in [5, 5.41) is 19.8. The van der Waals surface area contributed by atoms with E-state index < -0.39 is 12.1 Å². The Balaban J connectivity index is 1.62. The largest absolute Gasteiger partial charge is 0.488 e. The Morgan fingerprint density at radius 2 is 1.81 bits per heavy atom. The van der Waals surface area contributed by atoms with Gasteiger partial charge in [0.05, 0.1) is 5.56 Å². The SMILES string of the molecule is CN(Cc1ccc(C(=O)O)cc1)[C@@H]1CCC[C@H](Oc2ccccc2)[C@H]1O. The molecule has 0 heterocycles. The van der Waals surface area contributed by atoms with E-state index in [2.05, 4.69) is 4.90 Å². The van der Waals surface area contributed by atoms with Crippen LogP contribution < -0.4 is 4.74 Å². The van der Waals surface area contributed by atoms with Crippen molar-refractivity contribution in [3.05, 3.63) is 65.7 Å². The van der Waals surface area contributed by atoms with Crippen LogP contribution in [0.1, 0.15) is 35.2 Å². The standard InChI is InChI=1S/C21H25NO4/c1-22(14-15-10-12-16(13-11-15)21(24)25)18-8-5-9-19(20(18)23)26-17-6-3-2-4-7-17/h2-4,6-7,10-13,18-20,23H,5,8-9,14H2,1H3,(H,24,25)/t18-,19+,20+/m1/s1. The number of ether oxygens (including phenoxy) is 1. The van der Waals surface area contributed by atoms with Gasteiger partial charge < -0.3 is 14.9 Å². The topological polar surface area (TPSA) is 70.0 Å². The van der Waals surface area contributed by atoms with E-state index in [9.17, 15) is 9.90 Å². The third-order valence-electron chi connectivity index (χ3n) is 4.99. The Morgan fingerprint density at radius 1 is 1.12 bits per heavy atom. The first-order chi connectivity index (χ1) is 12.5. The molecular formula is C21H25NO4. The summed E-state index contributed by atoms with van der Waals surface area (Å²) in [7, 11) is 1.99. The molecule has 3 rings (SSSR count). The van der Waals surface area contributed by atoms with Gasteiger partial charge in [-0.2, -0.15) is 0 Å². The molecule has 2 N–H and O–H groups in total. The fraction of sp³-hybridized carbons (Fsp3) is 0.381. The molecule has 1 saturated carbocycles. The number of aliphatic hydroxyl groups excluding tert-OH is 1. The minimum atomic E-state index is -0.923. The zero-order valence-electron chi connectivity index (χ0n) is 14.9. The molecule has 0 aromatic heterocycles. The summed E-state index contributed by atoms with van der Waals surface area (Å²) in [5.74, 6) is -0.141. The summed E-state index contributed by atoms with van der Waals surface area (Å²) in [6.45, 7) is 0.652. The number of nitrogens with zero attached hydrogens (tertiary/aromatic N) is 1. The molecule has 0 bridgehead atoms. The maximum absolute atomic E-state index is 11.0. The van der Waals surface area contributed by atoms with E-state index in [1.165, 1.54) is 0 Å². The van der Waals surface area contributed by atoms with Gasteiger partial charge in [0.1, 0.15) is 18.0 Å². The predicted molar refractivity (Wildman–Crippen MR) is 99.4 cm³/mol. The van der Waals surface area contributed by atoms with Crippen LogP contribution in [0.2, 0.25) is 0 Å². The van der Waals surface area contributed by atoms with Crippen molar-refractivity contribution >= 4 is 5.97 Å². The molecule has 5 heteroatoms. The molecule has 0 spiro atoms. The Labute approximate surface area is 153 Å². The molecule has 1 aliphatic carbocycles. The van der Waals surface area contributed by atoms with Gasteiger partial charge in [-0.25, -0.2) is 4.79 Å². The minimum absolute atomic E-state index is 0.0108. The summed E-state index contributed by atoms with van der Waals surface area (Å²) < 4.78 is 6.00. The third kappa shape index (κ3) is 4.42. The Bertz CT molecular complexity index is 717. The first-order valence-electron chi connectivity index (χ1n) is 8.97. The monoisotopic (exact) mass is 355 g/mol. The van der Waals surface area contributed by atoms with Crippen molar-refractivity contribution in [2.75, 3.05) is 7.05 Å². The average Bonchev–Trinajstić information content (AvgIpc) is 2.64. The molecule has 0 radical (unpaired) electrons. The van der Waals surface area contributed by atoms with Crippen molar-refractivity contribution in [1.82, 2.24) is 4.90 Å². The van der Waals surface area contributed by atoms with Crippen LogP contribution in [0.5, 0.6) is 5.75 Å². The zero-order valence-corrected chi connectivity index (χ0v) is 14.9. The molecule has 5 nitrogen and oxygen atoms in total. The zero-order chi connectivity index (χ0) is 18.5. The molecule has 0 unspecified atom stereocenters. The Morgan fingerprint density at radius 3 is 2.46 bits per heavy atom. The fourth-order valence-corrected chi connectivity index (χ4v) is 3.56. The molecule has 3 atom stereocenters. The molecule has 2 aromatic carbocycles. The number of aromatic carboxylic acids is 1. The lowest BCUT2D eigenvalue weighted by molar-refractivity contribution is -0.0491. The number of benzene rings is 2. The number of likely N-dealkylation sites (N-methyl/N-ethyl adjacent to an activating group) is 1. The normalized spacial score (nSPS) is 23.0. The van der Waals surface area contributed by atoms with Gasteiger partial charge in [0.25, 0.3) is 0 Å². The van der Waals surface area contributed by atoms with Gasteiger partial charge in [0.15, 0.2) is 0 Å². The van der Waals surface area contributed by atoms with Crippen molar-refractivity contribution in [2.45, 2.75) is 44.1 Å². The van der Waals surface area contributed by atoms with Gasteiger partial charge in [-0.1, -0.05) is 30.3 Å². The van der Waals surface area contributed by atoms with Crippen LogP contribution in [0.15, 0.2) is 54.6 Å². The van der Waals surface area contributed by atoms with Crippen molar-refractivity contribution in [3.63, 3.8) is 0 Å².